The Bertz CT molecular complexity index is 947. The Labute approximate surface area is 144 Å². The van der Waals surface area contributed by atoms with Crippen LogP contribution in [0, 0.1) is 6.92 Å². The number of aromatic nitrogens is 3. The summed E-state index contributed by atoms with van der Waals surface area (Å²) in [7, 11) is 1.35. The van der Waals surface area contributed by atoms with E-state index in [0.29, 0.717) is 29.1 Å². The molecule has 1 N–H and O–H groups in total. The van der Waals surface area contributed by atoms with Gasteiger partial charge in [0.15, 0.2) is 11.5 Å². The summed E-state index contributed by atoms with van der Waals surface area (Å²) >= 11 is 0. The van der Waals surface area contributed by atoms with Crippen LogP contribution in [0.3, 0.4) is 0 Å². The molecule has 3 aromatic rings. The SMILES string of the molecule is COC(=O)c1ccc(C)c(Oc2cn3ccnc3c(NC3CC3)n2)c1. The molecule has 0 aliphatic heterocycles. The molecular formula is C18H18N4O3. The normalized spacial score (nSPS) is 13.7. The molecule has 25 heavy (non-hydrogen) atoms. The molecule has 1 saturated carbocycles. The van der Waals surface area contributed by atoms with Crippen molar-refractivity contribution in [2.24, 2.45) is 0 Å². The monoisotopic (exact) mass is 338 g/mol. The molecule has 1 aromatic carbocycles. The Morgan fingerprint density at radius 3 is 2.96 bits per heavy atom. The first-order chi connectivity index (χ1) is 12.1. The highest BCUT2D eigenvalue weighted by Gasteiger charge is 2.23. The first-order valence-corrected chi connectivity index (χ1v) is 8.11. The Hall–Kier alpha value is -3.09. The molecule has 7 nitrogen and oxygen atoms in total. The molecule has 2 aromatic heterocycles. The third-order valence-electron chi connectivity index (χ3n) is 4.09. The number of imidazole rings is 1. The van der Waals surface area contributed by atoms with Crippen LogP contribution >= 0.6 is 0 Å². The molecule has 0 atom stereocenters. The van der Waals surface area contributed by atoms with Crippen molar-refractivity contribution in [2.75, 3.05) is 12.4 Å². The second-order valence-corrected chi connectivity index (χ2v) is 6.08. The van der Waals surface area contributed by atoms with E-state index in [1.165, 1.54) is 7.11 Å². The number of methoxy groups -OCH3 is 1. The first-order valence-electron chi connectivity index (χ1n) is 8.11. The van der Waals surface area contributed by atoms with E-state index in [1.807, 2.05) is 23.6 Å². The van der Waals surface area contributed by atoms with Crippen LogP contribution in [0.5, 0.6) is 11.6 Å². The zero-order valence-corrected chi connectivity index (χ0v) is 14.0. The summed E-state index contributed by atoms with van der Waals surface area (Å²) in [6.07, 6.45) is 7.62. The summed E-state index contributed by atoms with van der Waals surface area (Å²) in [5.74, 6) is 1.29. The Morgan fingerprint density at radius 2 is 2.20 bits per heavy atom. The zero-order chi connectivity index (χ0) is 17.4. The lowest BCUT2D eigenvalue weighted by Gasteiger charge is -2.12. The van der Waals surface area contributed by atoms with Gasteiger partial charge in [-0.2, -0.15) is 4.98 Å². The number of esters is 1. The van der Waals surface area contributed by atoms with Crippen LogP contribution in [-0.2, 0) is 4.74 Å². The van der Waals surface area contributed by atoms with Gasteiger partial charge in [0.25, 0.3) is 0 Å². The number of nitrogens with one attached hydrogen (secondary N) is 1. The van der Waals surface area contributed by atoms with Crippen LogP contribution < -0.4 is 10.1 Å². The average molecular weight is 338 g/mol. The number of rotatable bonds is 5. The largest absolute Gasteiger partial charge is 0.465 e. The van der Waals surface area contributed by atoms with Gasteiger partial charge in [0.05, 0.1) is 18.9 Å². The fourth-order valence-corrected chi connectivity index (χ4v) is 2.54. The molecule has 2 heterocycles. The number of carbonyl (C=O) groups is 1. The number of nitrogens with zero attached hydrogens (tertiary/aromatic N) is 3. The molecule has 1 aliphatic rings. The molecule has 0 amide bonds. The smallest absolute Gasteiger partial charge is 0.337 e. The van der Waals surface area contributed by atoms with Gasteiger partial charge in [0.1, 0.15) is 5.75 Å². The fraction of sp³-hybridized carbons (Fsp3) is 0.278. The lowest BCUT2D eigenvalue weighted by atomic mass is 10.1. The molecule has 0 bridgehead atoms. The van der Waals surface area contributed by atoms with E-state index in [0.717, 1.165) is 24.1 Å². The van der Waals surface area contributed by atoms with Gasteiger partial charge in [0, 0.05) is 18.4 Å². The highest BCUT2D eigenvalue weighted by atomic mass is 16.5. The topological polar surface area (TPSA) is 77.8 Å². The summed E-state index contributed by atoms with van der Waals surface area (Å²) in [6, 6.07) is 5.64. The summed E-state index contributed by atoms with van der Waals surface area (Å²) < 4.78 is 12.6. The van der Waals surface area contributed by atoms with E-state index in [2.05, 4.69) is 15.3 Å². The van der Waals surface area contributed by atoms with Crippen molar-refractivity contribution >= 4 is 17.4 Å². The van der Waals surface area contributed by atoms with Crippen LogP contribution in [0.2, 0.25) is 0 Å². The third-order valence-corrected chi connectivity index (χ3v) is 4.09. The van der Waals surface area contributed by atoms with Crippen LogP contribution in [0.4, 0.5) is 5.82 Å². The Morgan fingerprint density at radius 1 is 1.36 bits per heavy atom. The van der Waals surface area contributed by atoms with Crippen molar-refractivity contribution in [3.05, 3.63) is 47.9 Å². The number of carbonyl (C=O) groups excluding carboxylic acids is 1. The second-order valence-electron chi connectivity index (χ2n) is 6.08. The van der Waals surface area contributed by atoms with E-state index in [4.69, 9.17) is 9.47 Å². The number of benzene rings is 1. The number of ether oxygens (including phenoxy) is 2. The molecule has 1 aliphatic carbocycles. The van der Waals surface area contributed by atoms with Crippen LogP contribution in [0.15, 0.2) is 36.8 Å². The lowest BCUT2D eigenvalue weighted by Crippen LogP contribution is -2.07. The minimum atomic E-state index is -0.404. The Balaban J connectivity index is 1.69. The third kappa shape index (κ3) is 3.13. The number of fused-ring (bicyclic) bond motifs is 1. The standard InChI is InChI=1S/C18H18N4O3/c1-11-3-4-12(18(23)24-2)9-14(11)25-15-10-22-8-7-19-17(22)16(21-15)20-13-5-6-13/h3-4,7-10,13H,5-6H2,1-2H3,(H,20,21). The Kier molecular flexibility index (Phi) is 3.76. The summed E-state index contributed by atoms with van der Waals surface area (Å²) in [6.45, 7) is 1.91. The summed E-state index contributed by atoms with van der Waals surface area (Å²) in [4.78, 5) is 20.6. The molecule has 7 heteroatoms. The molecule has 128 valence electrons. The fourth-order valence-electron chi connectivity index (χ4n) is 2.54. The van der Waals surface area contributed by atoms with Gasteiger partial charge in [-0.1, -0.05) is 6.07 Å². The summed E-state index contributed by atoms with van der Waals surface area (Å²) in [5, 5.41) is 3.38. The van der Waals surface area contributed by atoms with Gasteiger partial charge in [-0.25, -0.2) is 9.78 Å². The lowest BCUT2D eigenvalue weighted by molar-refractivity contribution is 0.0600. The van der Waals surface area contributed by atoms with Gasteiger partial charge in [-0.3, -0.25) is 4.40 Å². The number of aryl methyl sites for hydroxylation is 1. The average Bonchev–Trinajstić information content (AvgIpc) is 3.29. The minimum absolute atomic E-state index is 0.404. The molecule has 4 rings (SSSR count). The van der Waals surface area contributed by atoms with E-state index in [1.54, 1.807) is 24.5 Å². The maximum Gasteiger partial charge on any atom is 0.337 e. The molecule has 0 radical (unpaired) electrons. The molecule has 1 fully saturated rings. The van der Waals surface area contributed by atoms with Crippen molar-refractivity contribution < 1.29 is 14.3 Å². The maximum atomic E-state index is 11.7. The van der Waals surface area contributed by atoms with Crippen LogP contribution in [0.25, 0.3) is 5.65 Å². The van der Waals surface area contributed by atoms with E-state index in [9.17, 15) is 4.79 Å². The summed E-state index contributed by atoms with van der Waals surface area (Å²) in [5.41, 5.74) is 2.10. The number of anilines is 1. The second kappa shape index (κ2) is 6.08. The van der Waals surface area contributed by atoms with Crippen LogP contribution in [-0.4, -0.2) is 33.5 Å². The van der Waals surface area contributed by atoms with Crippen molar-refractivity contribution in [1.82, 2.24) is 14.4 Å². The van der Waals surface area contributed by atoms with E-state index >= 15 is 0 Å². The molecular weight excluding hydrogens is 320 g/mol. The first kappa shape index (κ1) is 15.4. The molecule has 0 saturated heterocycles. The number of hydrogen-bond acceptors (Lipinski definition) is 6. The highest BCUT2D eigenvalue weighted by molar-refractivity contribution is 5.89. The van der Waals surface area contributed by atoms with E-state index in [-0.39, 0.29) is 0 Å². The van der Waals surface area contributed by atoms with E-state index < -0.39 is 5.97 Å². The predicted molar refractivity (Wildman–Crippen MR) is 92.2 cm³/mol. The molecule has 0 unspecified atom stereocenters. The van der Waals surface area contributed by atoms with Gasteiger partial charge in [-0.05, 0) is 37.5 Å². The van der Waals surface area contributed by atoms with Crippen molar-refractivity contribution in [1.29, 1.82) is 0 Å². The van der Waals surface area contributed by atoms with Crippen molar-refractivity contribution in [2.45, 2.75) is 25.8 Å². The minimum Gasteiger partial charge on any atom is -0.465 e. The van der Waals surface area contributed by atoms with Crippen LogP contribution in [0.1, 0.15) is 28.8 Å². The van der Waals surface area contributed by atoms with Gasteiger partial charge in [0.2, 0.25) is 5.88 Å². The van der Waals surface area contributed by atoms with Gasteiger partial charge in [-0.15, -0.1) is 0 Å². The van der Waals surface area contributed by atoms with Crippen molar-refractivity contribution in [3.63, 3.8) is 0 Å². The highest BCUT2D eigenvalue weighted by Crippen LogP contribution is 2.30. The van der Waals surface area contributed by atoms with Gasteiger partial charge < -0.3 is 14.8 Å². The maximum absolute atomic E-state index is 11.7. The van der Waals surface area contributed by atoms with Crippen molar-refractivity contribution in [3.8, 4) is 11.6 Å². The number of hydrogen-bond donors (Lipinski definition) is 1. The zero-order valence-electron chi connectivity index (χ0n) is 14.0. The quantitative estimate of drug-likeness (QED) is 0.720. The van der Waals surface area contributed by atoms with Gasteiger partial charge >= 0.3 is 5.97 Å². The predicted octanol–water partition coefficient (Wildman–Crippen LogP) is 3.19. The molecule has 0 spiro atoms.